The predicted octanol–water partition coefficient (Wildman–Crippen LogP) is 2.90. The molecule has 4 nitrogen and oxygen atoms in total. The number of hydrogen-bond acceptors (Lipinski definition) is 2. The number of carbonyl (C=O) groups excluding carboxylic acids is 1. The van der Waals surface area contributed by atoms with Crippen molar-refractivity contribution in [2.45, 2.75) is 13.0 Å². The lowest BCUT2D eigenvalue weighted by atomic mass is 10.2. The van der Waals surface area contributed by atoms with Crippen LogP contribution in [0.4, 0.5) is 4.39 Å². The van der Waals surface area contributed by atoms with Gasteiger partial charge in [0, 0.05) is 25.4 Å². The van der Waals surface area contributed by atoms with Gasteiger partial charge in [-0.15, -0.1) is 0 Å². The standard InChI is InChI=1S/C15H15ClFN3O/c16-13-10-19-20(11-13)9-1-8-18-15(21)7-4-12-2-5-14(17)6-3-12/h2-7,10-11H,1,8-9H2,(H,18,21)/b7-4+. The average molecular weight is 308 g/mol. The minimum atomic E-state index is -0.296. The third kappa shape index (κ3) is 5.39. The van der Waals surface area contributed by atoms with E-state index in [1.54, 1.807) is 35.3 Å². The minimum absolute atomic E-state index is 0.183. The second-order valence-electron chi connectivity index (χ2n) is 4.45. The molecular weight excluding hydrogens is 293 g/mol. The molecule has 0 aliphatic heterocycles. The van der Waals surface area contributed by atoms with E-state index in [2.05, 4.69) is 10.4 Å². The Balaban J connectivity index is 1.68. The molecule has 0 aliphatic carbocycles. The van der Waals surface area contributed by atoms with Gasteiger partial charge in [-0.05, 0) is 30.2 Å². The van der Waals surface area contributed by atoms with Crippen molar-refractivity contribution in [3.63, 3.8) is 0 Å². The summed E-state index contributed by atoms with van der Waals surface area (Å²) < 4.78 is 14.4. The maximum absolute atomic E-state index is 12.7. The summed E-state index contributed by atoms with van der Waals surface area (Å²) in [5, 5.41) is 7.41. The summed E-state index contributed by atoms with van der Waals surface area (Å²) in [6.07, 6.45) is 7.14. The Morgan fingerprint density at radius 1 is 1.38 bits per heavy atom. The second-order valence-corrected chi connectivity index (χ2v) is 4.89. The normalized spacial score (nSPS) is 11.0. The highest BCUT2D eigenvalue weighted by molar-refractivity contribution is 6.30. The fraction of sp³-hybridized carbons (Fsp3) is 0.200. The van der Waals surface area contributed by atoms with Crippen molar-refractivity contribution in [3.05, 3.63) is 59.1 Å². The number of hydrogen-bond donors (Lipinski definition) is 1. The van der Waals surface area contributed by atoms with E-state index in [1.165, 1.54) is 18.2 Å². The number of nitrogens with zero attached hydrogens (tertiary/aromatic N) is 2. The lowest BCUT2D eigenvalue weighted by molar-refractivity contribution is -0.116. The molecule has 110 valence electrons. The molecule has 2 rings (SSSR count). The molecule has 0 radical (unpaired) electrons. The summed E-state index contributed by atoms with van der Waals surface area (Å²) in [5.41, 5.74) is 0.776. The van der Waals surface area contributed by atoms with Crippen molar-refractivity contribution in [2.24, 2.45) is 0 Å². The molecule has 1 amide bonds. The van der Waals surface area contributed by atoms with Crippen LogP contribution in [0.2, 0.25) is 5.02 Å². The van der Waals surface area contributed by atoms with Gasteiger partial charge >= 0.3 is 0 Å². The van der Waals surface area contributed by atoms with E-state index in [0.29, 0.717) is 18.1 Å². The summed E-state index contributed by atoms with van der Waals surface area (Å²) in [6, 6.07) is 5.93. The first kappa shape index (κ1) is 15.3. The minimum Gasteiger partial charge on any atom is -0.352 e. The number of halogens is 2. The summed E-state index contributed by atoms with van der Waals surface area (Å²) >= 11 is 5.75. The van der Waals surface area contributed by atoms with E-state index in [9.17, 15) is 9.18 Å². The SMILES string of the molecule is O=C(/C=C/c1ccc(F)cc1)NCCCn1cc(Cl)cn1. The van der Waals surface area contributed by atoms with E-state index >= 15 is 0 Å². The van der Waals surface area contributed by atoms with Crippen LogP contribution >= 0.6 is 11.6 Å². The van der Waals surface area contributed by atoms with Crippen LogP contribution in [0.3, 0.4) is 0 Å². The summed E-state index contributed by atoms with van der Waals surface area (Å²) in [5.74, 6) is -0.479. The topological polar surface area (TPSA) is 46.9 Å². The van der Waals surface area contributed by atoms with Crippen LogP contribution in [0, 0.1) is 5.82 Å². The van der Waals surface area contributed by atoms with Gasteiger partial charge in [0.15, 0.2) is 0 Å². The number of aromatic nitrogens is 2. The van der Waals surface area contributed by atoms with E-state index < -0.39 is 0 Å². The molecule has 0 atom stereocenters. The van der Waals surface area contributed by atoms with Crippen LogP contribution in [-0.2, 0) is 11.3 Å². The molecule has 21 heavy (non-hydrogen) atoms. The Labute approximate surface area is 127 Å². The van der Waals surface area contributed by atoms with Gasteiger partial charge in [0.1, 0.15) is 5.82 Å². The van der Waals surface area contributed by atoms with Gasteiger partial charge in [0.25, 0.3) is 0 Å². The lowest BCUT2D eigenvalue weighted by Gasteiger charge is -2.02. The first-order chi connectivity index (χ1) is 10.1. The molecule has 0 bridgehead atoms. The Hall–Kier alpha value is -2.14. The molecule has 1 heterocycles. The van der Waals surface area contributed by atoms with Crippen LogP contribution in [0.1, 0.15) is 12.0 Å². The first-order valence-electron chi connectivity index (χ1n) is 6.53. The van der Waals surface area contributed by atoms with Crippen molar-refractivity contribution in [1.29, 1.82) is 0 Å². The van der Waals surface area contributed by atoms with E-state index in [1.807, 2.05) is 0 Å². The highest BCUT2D eigenvalue weighted by atomic mass is 35.5. The summed E-state index contributed by atoms with van der Waals surface area (Å²) in [7, 11) is 0. The molecule has 0 aliphatic rings. The van der Waals surface area contributed by atoms with Crippen molar-refractivity contribution in [2.75, 3.05) is 6.54 Å². The number of amides is 1. The van der Waals surface area contributed by atoms with Crippen LogP contribution < -0.4 is 5.32 Å². The molecule has 6 heteroatoms. The largest absolute Gasteiger partial charge is 0.352 e. The van der Waals surface area contributed by atoms with Crippen LogP contribution in [-0.4, -0.2) is 22.2 Å². The number of aryl methyl sites for hydroxylation is 1. The number of nitrogens with one attached hydrogen (secondary N) is 1. The molecule has 1 aromatic carbocycles. The zero-order valence-corrected chi connectivity index (χ0v) is 12.1. The lowest BCUT2D eigenvalue weighted by Crippen LogP contribution is -2.23. The van der Waals surface area contributed by atoms with Crippen molar-refractivity contribution < 1.29 is 9.18 Å². The highest BCUT2D eigenvalue weighted by Crippen LogP contribution is 2.05. The molecule has 1 aromatic heterocycles. The summed E-state index contributed by atoms with van der Waals surface area (Å²) in [4.78, 5) is 11.6. The van der Waals surface area contributed by atoms with Gasteiger partial charge < -0.3 is 5.32 Å². The van der Waals surface area contributed by atoms with Gasteiger partial charge in [0.05, 0.1) is 11.2 Å². The van der Waals surface area contributed by atoms with Crippen LogP contribution in [0.25, 0.3) is 6.08 Å². The van der Waals surface area contributed by atoms with Gasteiger partial charge in [-0.1, -0.05) is 23.7 Å². The maximum atomic E-state index is 12.7. The fourth-order valence-electron chi connectivity index (χ4n) is 1.72. The van der Waals surface area contributed by atoms with Gasteiger partial charge in [0.2, 0.25) is 5.91 Å². The van der Waals surface area contributed by atoms with E-state index in [0.717, 1.165) is 12.0 Å². The molecule has 0 spiro atoms. The fourth-order valence-corrected chi connectivity index (χ4v) is 1.87. The zero-order valence-electron chi connectivity index (χ0n) is 11.3. The number of rotatable bonds is 6. The monoisotopic (exact) mass is 307 g/mol. The quantitative estimate of drug-likeness (QED) is 0.659. The maximum Gasteiger partial charge on any atom is 0.244 e. The predicted molar refractivity (Wildman–Crippen MR) is 80.3 cm³/mol. The van der Waals surface area contributed by atoms with Crippen molar-refractivity contribution >= 4 is 23.6 Å². The average Bonchev–Trinajstić information content (AvgIpc) is 2.89. The molecule has 1 N–H and O–H groups in total. The Morgan fingerprint density at radius 3 is 2.81 bits per heavy atom. The van der Waals surface area contributed by atoms with Gasteiger partial charge in [-0.2, -0.15) is 5.10 Å². The zero-order chi connectivity index (χ0) is 15.1. The Bertz CT molecular complexity index is 622. The van der Waals surface area contributed by atoms with Crippen LogP contribution in [0.15, 0.2) is 42.7 Å². The second kappa shape index (κ2) is 7.59. The molecule has 2 aromatic rings. The molecule has 0 saturated carbocycles. The van der Waals surface area contributed by atoms with E-state index in [-0.39, 0.29) is 11.7 Å². The van der Waals surface area contributed by atoms with Crippen molar-refractivity contribution in [1.82, 2.24) is 15.1 Å². The number of carbonyl (C=O) groups is 1. The molecule has 0 unspecified atom stereocenters. The molecule has 0 saturated heterocycles. The smallest absolute Gasteiger partial charge is 0.244 e. The third-order valence-corrected chi connectivity index (χ3v) is 2.96. The summed E-state index contributed by atoms with van der Waals surface area (Å²) in [6.45, 7) is 1.23. The number of benzene rings is 1. The molecule has 0 fully saturated rings. The van der Waals surface area contributed by atoms with Gasteiger partial charge in [-0.25, -0.2) is 4.39 Å². The van der Waals surface area contributed by atoms with E-state index in [4.69, 9.17) is 11.6 Å². The highest BCUT2D eigenvalue weighted by Gasteiger charge is 1.98. The van der Waals surface area contributed by atoms with Crippen LogP contribution in [0.5, 0.6) is 0 Å². The Kier molecular flexibility index (Phi) is 5.51. The van der Waals surface area contributed by atoms with Crippen molar-refractivity contribution in [3.8, 4) is 0 Å². The molecular formula is C15H15ClFN3O. The Morgan fingerprint density at radius 2 is 2.14 bits per heavy atom. The third-order valence-electron chi connectivity index (χ3n) is 2.76. The first-order valence-corrected chi connectivity index (χ1v) is 6.91. The van der Waals surface area contributed by atoms with Gasteiger partial charge in [-0.3, -0.25) is 9.48 Å².